The Morgan fingerprint density at radius 2 is 0.488 bits per heavy atom. The minimum atomic E-state index is 0.609. The summed E-state index contributed by atoms with van der Waals surface area (Å²) in [6.45, 7) is 0. The molecule has 6 heterocycles. The van der Waals surface area contributed by atoms with E-state index in [1.807, 2.05) is 151 Å². The number of para-hydroxylation sites is 2. The van der Waals surface area contributed by atoms with Crippen molar-refractivity contribution in [1.82, 2.24) is 44.9 Å². The highest BCUT2D eigenvalue weighted by atomic mass is 32.1. The second-order valence-corrected chi connectivity index (χ2v) is 32.5. The third kappa shape index (κ3) is 14.5. The monoisotopic (exact) mass is 1640 g/mol. The molecule has 12 heteroatoms. The molecular formula is C115H71N9O2S. The van der Waals surface area contributed by atoms with Gasteiger partial charge >= 0.3 is 0 Å². The number of nitrogens with zero attached hydrogens (tertiary/aromatic N) is 9. The molecular weight excluding hydrogens is 1570 g/mol. The van der Waals surface area contributed by atoms with Gasteiger partial charge in [-0.15, -0.1) is 11.3 Å². The highest BCUT2D eigenvalue weighted by Gasteiger charge is 2.24. The number of benzene rings is 19. The van der Waals surface area contributed by atoms with Crippen LogP contribution >= 0.6 is 11.3 Å². The minimum absolute atomic E-state index is 0.609. The molecule has 25 aromatic rings. The van der Waals surface area contributed by atoms with Gasteiger partial charge in [-0.1, -0.05) is 352 Å². The van der Waals surface area contributed by atoms with Crippen LogP contribution in [0.2, 0.25) is 0 Å². The van der Waals surface area contributed by atoms with Crippen LogP contribution in [-0.2, 0) is 0 Å². The third-order valence-corrected chi connectivity index (χ3v) is 24.7. The first-order valence-electron chi connectivity index (χ1n) is 42.3. The number of hydrogen-bond donors (Lipinski definition) is 0. The highest BCUT2D eigenvalue weighted by Crippen LogP contribution is 2.45. The Labute approximate surface area is 733 Å². The number of hydrogen-bond acceptors (Lipinski definition) is 12. The SMILES string of the molecule is c1ccc(-c2ccc3cc(-c4nc(-c5ccc6ccccc6c5)nc(-c5ccc6sc7ccccc7c6c5)n4)ccc3c2)cc1.c1ccc(-c2nc(-c3ccc4ccccc4c3)nc(-c3ccc(-c4ccccc4)c4oc5ccccc5c34)n2)cc1.c1ccc(-c2nc(-c3cccc4c(-c5ccccc5)cccc34)nc(-c3cccc4oc5ccccc5c34)n2)cc1. The molecule has 0 fully saturated rings. The fraction of sp³-hybridized carbons (Fsp3) is 0. The lowest BCUT2D eigenvalue weighted by atomic mass is 9.95. The molecule has 0 amide bonds. The van der Waals surface area contributed by atoms with E-state index in [9.17, 15) is 0 Å². The van der Waals surface area contributed by atoms with Crippen LogP contribution in [0.25, 0.3) is 243 Å². The van der Waals surface area contributed by atoms with Gasteiger partial charge in [-0.05, 0) is 150 Å². The molecule has 0 N–H and O–H groups in total. The van der Waals surface area contributed by atoms with Gasteiger partial charge in [0, 0.05) is 97.4 Å². The van der Waals surface area contributed by atoms with Gasteiger partial charge in [-0.25, -0.2) is 44.9 Å². The summed E-state index contributed by atoms with van der Waals surface area (Å²) in [6, 6.07) is 148. The Morgan fingerprint density at radius 3 is 1.06 bits per heavy atom. The first-order chi connectivity index (χ1) is 62.9. The van der Waals surface area contributed by atoms with Gasteiger partial charge in [-0.2, -0.15) is 0 Å². The van der Waals surface area contributed by atoms with E-state index in [1.54, 1.807) is 0 Å². The molecule has 25 rings (SSSR count). The van der Waals surface area contributed by atoms with Crippen LogP contribution < -0.4 is 0 Å². The number of aromatic nitrogens is 9. The molecule has 6 aromatic heterocycles. The molecule has 594 valence electrons. The van der Waals surface area contributed by atoms with Crippen molar-refractivity contribution in [2.75, 3.05) is 0 Å². The lowest BCUT2D eigenvalue weighted by Gasteiger charge is -2.12. The smallest absolute Gasteiger partial charge is 0.164 e. The Balaban J connectivity index is 0.000000109. The maximum atomic E-state index is 6.51. The van der Waals surface area contributed by atoms with Crippen LogP contribution in [0.3, 0.4) is 0 Å². The Bertz CT molecular complexity index is 8540. The molecule has 127 heavy (non-hydrogen) atoms. The van der Waals surface area contributed by atoms with Crippen molar-refractivity contribution in [3.63, 3.8) is 0 Å². The summed E-state index contributed by atoms with van der Waals surface area (Å²) in [6.07, 6.45) is 0. The quantitative estimate of drug-likeness (QED) is 0.115. The molecule has 0 spiro atoms. The summed E-state index contributed by atoms with van der Waals surface area (Å²) in [4.78, 5) is 45.5. The third-order valence-electron chi connectivity index (χ3n) is 23.6. The van der Waals surface area contributed by atoms with E-state index in [-0.39, 0.29) is 0 Å². The molecule has 0 aliphatic carbocycles. The first-order valence-corrected chi connectivity index (χ1v) is 43.1. The Kier molecular flexibility index (Phi) is 19.2. The minimum Gasteiger partial charge on any atom is -0.456 e. The molecule has 0 unspecified atom stereocenters. The molecule has 0 saturated heterocycles. The largest absolute Gasteiger partial charge is 0.456 e. The topological polar surface area (TPSA) is 142 Å². The van der Waals surface area contributed by atoms with Crippen LogP contribution in [0.15, 0.2) is 440 Å². The summed E-state index contributed by atoms with van der Waals surface area (Å²) in [5.74, 6) is 5.74. The van der Waals surface area contributed by atoms with Crippen molar-refractivity contribution in [2.24, 2.45) is 0 Å². The van der Waals surface area contributed by atoms with Crippen LogP contribution in [-0.4, -0.2) is 44.9 Å². The van der Waals surface area contributed by atoms with Crippen LogP contribution in [0, 0.1) is 0 Å². The van der Waals surface area contributed by atoms with E-state index in [1.165, 1.54) is 58.6 Å². The van der Waals surface area contributed by atoms with E-state index in [0.29, 0.717) is 52.4 Å². The van der Waals surface area contributed by atoms with E-state index >= 15 is 0 Å². The molecule has 0 aliphatic rings. The fourth-order valence-corrected chi connectivity index (χ4v) is 18.4. The summed E-state index contributed by atoms with van der Waals surface area (Å²) in [5.41, 5.74) is 18.7. The van der Waals surface area contributed by atoms with Gasteiger partial charge in [0.2, 0.25) is 0 Å². The van der Waals surface area contributed by atoms with Crippen LogP contribution in [0.5, 0.6) is 0 Å². The standard InChI is InChI=1S/C41H25N3S.2C37H23N3O/c1-2-8-26(9-3-1)29-15-16-31-24-33(19-17-30(31)22-29)40-42-39(32-18-14-27-10-4-5-11-28(27)23-32)43-41(44-40)34-20-21-38-36(25-34)35-12-6-7-13-37(35)45-38;1-3-12-24(13-4-1)26-17-9-19-28-27(26)18-10-20-29(28)36-38-35(25-14-5-2-6-15-25)39-37(40-36)31-21-11-23-33-34(31)30-16-7-8-22-32(30)41-33;1-3-12-25(13-4-1)29-21-22-31(33-30-17-9-10-18-32(30)41-34(29)33)37-39-35(26-14-5-2-6-15-26)38-36(40-37)28-20-19-24-11-7-8-16-27(24)23-28/h1-25H;2*1-23H. The first kappa shape index (κ1) is 75.1. The molecule has 0 atom stereocenters. The average Bonchev–Trinajstić information content (AvgIpc) is 1.64. The van der Waals surface area contributed by atoms with Crippen molar-refractivity contribution in [1.29, 1.82) is 0 Å². The second kappa shape index (κ2) is 32.5. The number of furan rings is 2. The van der Waals surface area contributed by atoms with Crippen molar-refractivity contribution < 1.29 is 8.83 Å². The number of rotatable bonds is 12. The molecule has 0 bridgehead atoms. The van der Waals surface area contributed by atoms with Crippen molar-refractivity contribution in [3.8, 4) is 136 Å². The van der Waals surface area contributed by atoms with Gasteiger partial charge < -0.3 is 8.83 Å². The normalized spacial score (nSPS) is 11.5. The predicted octanol–water partition coefficient (Wildman–Crippen LogP) is 30.4. The van der Waals surface area contributed by atoms with Gasteiger partial charge in [-0.3, -0.25) is 0 Å². The number of fused-ring (bicyclic) bond motifs is 13. The fourth-order valence-electron chi connectivity index (χ4n) is 17.4. The van der Waals surface area contributed by atoms with E-state index < -0.39 is 0 Å². The predicted molar refractivity (Wildman–Crippen MR) is 522 cm³/mol. The summed E-state index contributed by atoms with van der Waals surface area (Å²) >= 11 is 1.81. The Morgan fingerprint density at radius 1 is 0.157 bits per heavy atom. The lowest BCUT2D eigenvalue weighted by molar-refractivity contribution is 0.669. The maximum absolute atomic E-state index is 6.51. The van der Waals surface area contributed by atoms with Gasteiger partial charge in [0.25, 0.3) is 0 Å². The molecule has 0 radical (unpaired) electrons. The molecule has 0 saturated carbocycles. The molecule has 11 nitrogen and oxygen atoms in total. The van der Waals surface area contributed by atoms with E-state index in [0.717, 1.165) is 132 Å². The van der Waals surface area contributed by atoms with E-state index in [4.69, 9.17) is 53.7 Å². The summed E-state index contributed by atoms with van der Waals surface area (Å²) in [7, 11) is 0. The zero-order valence-corrected chi connectivity index (χ0v) is 69.1. The van der Waals surface area contributed by atoms with Crippen molar-refractivity contribution >= 4 is 118 Å². The van der Waals surface area contributed by atoms with Crippen molar-refractivity contribution in [2.45, 2.75) is 0 Å². The van der Waals surface area contributed by atoms with Gasteiger partial charge in [0.1, 0.15) is 22.3 Å². The van der Waals surface area contributed by atoms with Crippen molar-refractivity contribution in [3.05, 3.63) is 431 Å². The lowest BCUT2D eigenvalue weighted by Crippen LogP contribution is -2.01. The highest BCUT2D eigenvalue weighted by molar-refractivity contribution is 7.25. The summed E-state index contributed by atoms with van der Waals surface area (Å²) < 4.78 is 15.2. The zero-order chi connectivity index (χ0) is 84.1. The second-order valence-electron chi connectivity index (χ2n) is 31.4. The Hall–Kier alpha value is -16.9. The van der Waals surface area contributed by atoms with Gasteiger partial charge in [0.15, 0.2) is 52.4 Å². The summed E-state index contributed by atoms with van der Waals surface area (Å²) in [5, 5.41) is 15.8. The van der Waals surface area contributed by atoms with E-state index in [2.05, 4.69) is 291 Å². The average molecular weight is 1640 g/mol. The van der Waals surface area contributed by atoms with Crippen LogP contribution in [0.1, 0.15) is 0 Å². The van der Waals surface area contributed by atoms with Crippen LogP contribution in [0.4, 0.5) is 0 Å². The maximum Gasteiger partial charge on any atom is 0.164 e. The molecule has 19 aromatic carbocycles. The molecule has 0 aliphatic heterocycles. The zero-order valence-electron chi connectivity index (χ0n) is 68.2. The number of thiophene rings is 1. The van der Waals surface area contributed by atoms with Gasteiger partial charge in [0.05, 0.1) is 0 Å².